The number of aryl methyl sites for hydroxylation is 1. The van der Waals surface area contributed by atoms with Gasteiger partial charge in [0.2, 0.25) is 0 Å². The first-order valence-electron chi connectivity index (χ1n) is 10.2. The van der Waals surface area contributed by atoms with Crippen molar-refractivity contribution in [3.8, 4) is 0 Å². The third-order valence-corrected chi connectivity index (χ3v) is 6.91. The first kappa shape index (κ1) is 20.9. The van der Waals surface area contributed by atoms with Crippen molar-refractivity contribution in [2.75, 3.05) is 28.0 Å². The van der Waals surface area contributed by atoms with Gasteiger partial charge in [-0.05, 0) is 73.9 Å². The van der Waals surface area contributed by atoms with Crippen LogP contribution in [0, 0.1) is 6.92 Å². The van der Waals surface area contributed by atoms with Gasteiger partial charge in [-0.2, -0.15) is 0 Å². The molecule has 7 heteroatoms. The minimum absolute atomic E-state index is 0.100. The van der Waals surface area contributed by atoms with Crippen LogP contribution in [-0.2, 0) is 16.4 Å². The quantitative estimate of drug-likeness (QED) is 0.600. The number of likely N-dealkylation sites (N-methyl/N-ethyl adjacent to an activating group) is 1. The van der Waals surface area contributed by atoms with Gasteiger partial charge in [-0.15, -0.1) is 0 Å². The molecule has 31 heavy (non-hydrogen) atoms. The number of hydrogen-bond donors (Lipinski definition) is 2. The van der Waals surface area contributed by atoms with E-state index in [4.69, 9.17) is 0 Å². The average Bonchev–Trinajstić information content (AvgIpc) is 3.17. The summed E-state index contributed by atoms with van der Waals surface area (Å²) in [6.07, 6.45) is 1.02. The normalized spacial score (nSPS) is 13.0. The van der Waals surface area contributed by atoms with Crippen LogP contribution < -0.4 is 14.9 Å². The molecule has 1 aliphatic rings. The number of benzene rings is 3. The van der Waals surface area contributed by atoms with Gasteiger partial charge in [0.25, 0.3) is 15.9 Å². The molecule has 2 N–H and O–H groups in total. The number of nitrogens with one attached hydrogen (secondary N) is 2. The molecule has 1 aliphatic heterocycles. The number of hydrogen-bond acceptors (Lipinski definition) is 4. The summed E-state index contributed by atoms with van der Waals surface area (Å²) >= 11 is 0. The number of fused-ring (bicyclic) bond motifs is 1. The number of carbonyl (C=O) groups is 1. The number of carbonyl (C=O) groups excluding carboxylic acids is 1. The molecule has 0 fully saturated rings. The van der Waals surface area contributed by atoms with Crippen LogP contribution in [0.2, 0.25) is 0 Å². The Hall–Kier alpha value is -3.32. The topological polar surface area (TPSA) is 78.5 Å². The Morgan fingerprint density at radius 2 is 1.77 bits per heavy atom. The standard InChI is InChI=1S/C24H25N3O3S/c1-3-27-15-14-18-8-11-20(16-23(18)27)25-24(28)19-9-12-21(13-10-19)31(29,30)26-22-7-5-4-6-17(22)2/h4-13,16,26H,3,14-15H2,1-2H3,(H,25,28). The van der Waals surface area contributed by atoms with Crippen molar-refractivity contribution in [2.45, 2.75) is 25.2 Å². The van der Waals surface area contributed by atoms with Gasteiger partial charge in [0.15, 0.2) is 0 Å². The number of nitrogens with zero attached hydrogens (tertiary/aromatic N) is 1. The smallest absolute Gasteiger partial charge is 0.261 e. The van der Waals surface area contributed by atoms with E-state index in [9.17, 15) is 13.2 Å². The van der Waals surface area contributed by atoms with Crippen LogP contribution in [0.1, 0.15) is 28.4 Å². The summed E-state index contributed by atoms with van der Waals surface area (Å²) < 4.78 is 27.9. The molecule has 0 saturated carbocycles. The highest BCUT2D eigenvalue weighted by molar-refractivity contribution is 7.92. The molecular formula is C24H25N3O3S. The first-order chi connectivity index (χ1) is 14.9. The fourth-order valence-corrected chi connectivity index (χ4v) is 4.86. The zero-order valence-electron chi connectivity index (χ0n) is 17.6. The zero-order chi connectivity index (χ0) is 22.0. The monoisotopic (exact) mass is 435 g/mol. The summed E-state index contributed by atoms with van der Waals surface area (Å²) in [6, 6.07) is 19.0. The second-order valence-corrected chi connectivity index (χ2v) is 9.25. The second-order valence-electron chi connectivity index (χ2n) is 7.57. The molecule has 0 bridgehead atoms. The molecule has 3 aromatic carbocycles. The van der Waals surface area contributed by atoms with Crippen molar-refractivity contribution in [1.29, 1.82) is 0 Å². The number of rotatable bonds is 6. The number of amides is 1. The van der Waals surface area contributed by atoms with E-state index in [0.29, 0.717) is 11.3 Å². The van der Waals surface area contributed by atoms with Crippen molar-refractivity contribution in [2.24, 2.45) is 0 Å². The summed E-state index contributed by atoms with van der Waals surface area (Å²) in [5.41, 5.74) is 4.92. The van der Waals surface area contributed by atoms with Crippen molar-refractivity contribution < 1.29 is 13.2 Å². The molecule has 0 saturated heterocycles. The highest BCUT2D eigenvalue weighted by atomic mass is 32.2. The van der Waals surface area contributed by atoms with Gasteiger partial charge in [0.05, 0.1) is 10.6 Å². The van der Waals surface area contributed by atoms with Crippen LogP contribution in [0.3, 0.4) is 0 Å². The fraction of sp³-hybridized carbons (Fsp3) is 0.208. The van der Waals surface area contributed by atoms with E-state index >= 15 is 0 Å². The minimum atomic E-state index is -3.74. The van der Waals surface area contributed by atoms with Crippen LogP contribution >= 0.6 is 0 Å². The zero-order valence-corrected chi connectivity index (χ0v) is 18.4. The van der Waals surface area contributed by atoms with Gasteiger partial charge in [-0.1, -0.05) is 24.3 Å². The lowest BCUT2D eigenvalue weighted by atomic mass is 10.1. The predicted octanol–water partition coefficient (Wildman–Crippen LogP) is 4.43. The summed E-state index contributed by atoms with van der Waals surface area (Å²) in [5.74, 6) is -0.281. The van der Waals surface area contributed by atoms with Crippen LogP contribution in [0.15, 0.2) is 71.6 Å². The maximum absolute atomic E-state index is 12.7. The van der Waals surface area contributed by atoms with E-state index in [2.05, 4.69) is 21.9 Å². The Kier molecular flexibility index (Phi) is 5.69. The molecule has 1 amide bonds. The van der Waals surface area contributed by atoms with E-state index in [-0.39, 0.29) is 10.8 Å². The van der Waals surface area contributed by atoms with Gasteiger partial charge < -0.3 is 10.2 Å². The van der Waals surface area contributed by atoms with E-state index in [1.807, 2.05) is 37.3 Å². The fourth-order valence-electron chi connectivity index (χ4n) is 3.73. The molecule has 0 aromatic heterocycles. The molecule has 0 radical (unpaired) electrons. The van der Waals surface area contributed by atoms with Crippen LogP contribution in [0.4, 0.5) is 17.1 Å². The van der Waals surface area contributed by atoms with Gasteiger partial charge in [0, 0.05) is 30.0 Å². The maximum Gasteiger partial charge on any atom is 0.261 e. The van der Waals surface area contributed by atoms with Gasteiger partial charge in [-0.25, -0.2) is 8.42 Å². The molecule has 4 rings (SSSR count). The summed E-state index contributed by atoms with van der Waals surface area (Å²) in [5, 5.41) is 2.91. The van der Waals surface area contributed by atoms with E-state index in [0.717, 1.165) is 36.4 Å². The minimum Gasteiger partial charge on any atom is -0.371 e. The van der Waals surface area contributed by atoms with Gasteiger partial charge >= 0.3 is 0 Å². The van der Waals surface area contributed by atoms with E-state index in [1.165, 1.54) is 29.8 Å². The lowest BCUT2D eigenvalue weighted by Crippen LogP contribution is -2.19. The SMILES string of the molecule is CCN1CCc2ccc(NC(=O)c3ccc(S(=O)(=O)Nc4ccccc4C)cc3)cc21. The average molecular weight is 436 g/mol. The number of anilines is 3. The molecule has 0 spiro atoms. The summed E-state index contributed by atoms with van der Waals surface area (Å²) in [7, 11) is -3.74. The lowest BCUT2D eigenvalue weighted by Gasteiger charge is -2.17. The highest BCUT2D eigenvalue weighted by Gasteiger charge is 2.19. The van der Waals surface area contributed by atoms with Crippen molar-refractivity contribution >= 4 is 33.0 Å². The Labute approximate surface area is 183 Å². The Balaban J connectivity index is 1.48. The van der Waals surface area contributed by atoms with Crippen molar-refractivity contribution in [3.05, 3.63) is 83.4 Å². The number of sulfonamides is 1. The van der Waals surface area contributed by atoms with Gasteiger partial charge in [-0.3, -0.25) is 9.52 Å². The van der Waals surface area contributed by atoms with Gasteiger partial charge in [0.1, 0.15) is 0 Å². The first-order valence-corrected chi connectivity index (χ1v) is 11.7. The molecule has 160 valence electrons. The number of para-hydroxylation sites is 1. The largest absolute Gasteiger partial charge is 0.371 e. The molecule has 0 aliphatic carbocycles. The molecule has 3 aromatic rings. The predicted molar refractivity (Wildman–Crippen MR) is 124 cm³/mol. The Morgan fingerprint density at radius 1 is 1.03 bits per heavy atom. The van der Waals surface area contributed by atoms with Crippen LogP contribution in [0.25, 0.3) is 0 Å². The van der Waals surface area contributed by atoms with Crippen LogP contribution in [-0.4, -0.2) is 27.4 Å². The lowest BCUT2D eigenvalue weighted by molar-refractivity contribution is 0.102. The molecule has 6 nitrogen and oxygen atoms in total. The van der Waals surface area contributed by atoms with E-state index < -0.39 is 10.0 Å². The highest BCUT2D eigenvalue weighted by Crippen LogP contribution is 2.30. The van der Waals surface area contributed by atoms with E-state index in [1.54, 1.807) is 12.1 Å². The van der Waals surface area contributed by atoms with Crippen molar-refractivity contribution in [3.63, 3.8) is 0 Å². The third kappa shape index (κ3) is 4.41. The van der Waals surface area contributed by atoms with Crippen molar-refractivity contribution in [1.82, 2.24) is 0 Å². The Morgan fingerprint density at radius 3 is 2.48 bits per heavy atom. The molecule has 0 unspecified atom stereocenters. The Bertz CT molecular complexity index is 1220. The molecule has 0 atom stereocenters. The summed E-state index contributed by atoms with van der Waals surface area (Å²) in [4.78, 5) is 15.1. The second kappa shape index (κ2) is 8.43. The molecular weight excluding hydrogens is 410 g/mol. The maximum atomic E-state index is 12.7. The van der Waals surface area contributed by atoms with Crippen LogP contribution in [0.5, 0.6) is 0 Å². The summed E-state index contributed by atoms with van der Waals surface area (Å²) in [6.45, 7) is 5.88. The third-order valence-electron chi connectivity index (χ3n) is 5.53. The molecule has 1 heterocycles.